The summed E-state index contributed by atoms with van der Waals surface area (Å²) in [5, 5.41) is 2.63. The van der Waals surface area contributed by atoms with Crippen molar-refractivity contribution < 1.29 is 9.53 Å². The van der Waals surface area contributed by atoms with Crippen LogP contribution in [0.25, 0.3) is 17.2 Å². The minimum Gasteiger partial charge on any atom is -0.488 e. The molecule has 0 unspecified atom stereocenters. The average molecular weight is 482 g/mol. The van der Waals surface area contributed by atoms with Crippen LogP contribution in [0.2, 0.25) is 0 Å². The lowest BCUT2D eigenvalue weighted by Crippen LogP contribution is -2.17. The molecule has 0 aromatic heterocycles. The normalized spacial score (nSPS) is 14.9. The van der Waals surface area contributed by atoms with E-state index in [1.54, 1.807) is 6.08 Å². The summed E-state index contributed by atoms with van der Waals surface area (Å²) in [6.07, 6.45) is 1.80. The van der Waals surface area contributed by atoms with E-state index in [-0.39, 0.29) is 5.91 Å². The van der Waals surface area contributed by atoms with Crippen LogP contribution in [0.15, 0.2) is 82.2 Å². The number of carbonyl (C=O) groups is 1. The Hall–Kier alpha value is -2.41. The highest BCUT2D eigenvalue weighted by atomic mass is 79.9. The smallest absolute Gasteiger partial charge is 0.263 e. The van der Waals surface area contributed by atoms with Crippen molar-refractivity contribution in [3.8, 4) is 16.9 Å². The predicted molar refractivity (Wildman–Crippen MR) is 127 cm³/mol. The Balaban J connectivity index is 1.51. The average Bonchev–Trinajstić information content (AvgIpc) is 3.05. The highest BCUT2D eigenvalue weighted by Gasteiger charge is 2.22. The van der Waals surface area contributed by atoms with Gasteiger partial charge in [0.25, 0.3) is 5.91 Å². The van der Waals surface area contributed by atoms with Crippen molar-refractivity contribution in [1.29, 1.82) is 0 Å². The molecule has 0 saturated carbocycles. The highest BCUT2D eigenvalue weighted by molar-refractivity contribution is 9.10. The molecular formula is C23H16BrNO2S2. The van der Waals surface area contributed by atoms with E-state index in [1.807, 2.05) is 36.4 Å². The van der Waals surface area contributed by atoms with Crippen molar-refractivity contribution in [2.75, 3.05) is 0 Å². The van der Waals surface area contributed by atoms with Crippen LogP contribution in [0.1, 0.15) is 11.1 Å². The zero-order chi connectivity index (χ0) is 20.2. The number of hydrogen-bond acceptors (Lipinski definition) is 4. The number of amides is 1. The van der Waals surface area contributed by atoms with Gasteiger partial charge in [-0.1, -0.05) is 94.5 Å². The molecule has 29 heavy (non-hydrogen) atoms. The van der Waals surface area contributed by atoms with Gasteiger partial charge in [-0.3, -0.25) is 4.79 Å². The van der Waals surface area contributed by atoms with Crippen molar-refractivity contribution in [3.63, 3.8) is 0 Å². The minimum atomic E-state index is -0.178. The summed E-state index contributed by atoms with van der Waals surface area (Å²) >= 11 is 9.80. The van der Waals surface area contributed by atoms with Gasteiger partial charge in [-0.2, -0.15) is 0 Å². The van der Waals surface area contributed by atoms with Crippen molar-refractivity contribution in [3.05, 3.63) is 93.3 Å². The van der Waals surface area contributed by atoms with E-state index in [9.17, 15) is 4.79 Å². The van der Waals surface area contributed by atoms with E-state index in [1.165, 1.54) is 22.9 Å². The molecule has 1 heterocycles. The lowest BCUT2D eigenvalue weighted by Gasteiger charge is -2.11. The molecule has 6 heteroatoms. The van der Waals surface area contributed by atoms with Gasteiger partial charge in [0.2, 0.25) is 0 Å². The first-order valence-electron chi connectivity index (χ1n) is 8.90. The molecule has 1 aliphatic rings. The molecule has 144 valence electrons. The Morgan fingerprint density at radius 2 is 1.72 bits per heavy atom. The van der Waals surface area contributed by atoms with Gasteiger partial charge in [-0.25, -0.2) is 0 Å². The summed E-state index contributed by atoms with van der Waals surface area (Å²) in [7, 11) is 0. The van der Waals surface area contributed by atoms with Crippen LogP contribution in [0.3, 0.4) is 0 Å². The number of hydrogen-bond donors (Lipinski definition) is 1. The lowest BCUT2D eigenvalue weighted by atomic mass is 10.0. The molecule has 1 aliphatic heterocycles. The van der Waals surface area contributed by atoms with Crippen LogP contribution in [-0.4, -0.2) is 10.2 Å². The predicted octanol–water partition coefficient (Wildman–Crippen LogP) is 6.18. The van der Waals surface area contributed by atoms with E-state index < -0.39 is 0 Å². The molecular weight excluding hydrogens is 466 g/mol. The molecule has 0 bridgehead atoms. The van der Waals surface area contributed by atoms with Gasteiger partial charge in [0, 0.05) is 10.0 Å². The molecule has 3 aromatic rings. The van der Waals surface area contributed by atoms with Gasteiger partial charge in [0.15, 0.2) is 0 Å². The largest absolute Gasteiger partial charge is 0.488 e. The van der Waals surface area contributed by atoms with Crippen LogP contribution < -0.4 is 10.1 Å². The quantitative estimate of drug-likeness (QED) is 0.348. The van der Waals surface area contributed by atoms with Crippen molar-refractivity contribution >= 4 is 56.2 Å². The molecule has 3 aromatic carbocycles. The number of nitrogens with one attached hydrogen (secondary N) is 1. The molecule has 3 nitrogen and oxygen atoms in total. The summed E-state index contributed by atoms with van der Waals surface area (Å²) in [5.74, 6) is 0.529. The number of thiocarbonyl (C=S) groups is 1. The maximum atomic E-state index is 12.0. The molecule has 0 spiro atoms. The van der Waals surface area contributed by atoms with Gasteiger partial charge in [-0.05, 0) is 41.0 Å². The summed E-state index contributed by atoms with van der Waals surface area (Å²) in [6, 6.07) is 24.3. The van der Waals surface area contributed by atoms with Crippen LogP contribution in [0, 0.1) is 0 Å². The van der Waals surface area contributed by atoms with Gasteiger partial charge >= 0.3 is 0 Å². The fourth-order valence-corrected chi connectivity index (χ4v) is 4.32. The maximum Gasteiger partial charge on any atom is 0.263 e. The van der Waals surface area contributed by atoms with E-state index >= 15 is 0 Å². The first-order valence-corrected chi connectivity index (χ1v) is 10.9. The Morgan fingerprint density at radius 1 is 1.00 bits per heavy atom. The molecule has 1 fully saturated rings. The molecule has 4 rings (SSSR count). The fourth-order valence-electron chi connectivity index (χ4n) is 2.91. The number of thioether (sulfide) groups is 1. The topological polar surface area (TPSA) is 38.3 Å². The molecule has 1 amide bonds. The summed E-state index contributed by atoms with van der Waals surface area (Å²) < 4.78 is 7.44. The number of carbonyl (C=O) groups excluding carboxylic acids is 1. The fraction of sp³-hybridized carbons (Fsp3) is 0.0435. The van der Waals surface area contributed by atoms with E-state index in [4.69, 9.17) is 17.0 Å². The molecule has 0 atom stereocenters. The number of ether oxygens (including phenoxy) is 1. The van der Waals surface area contributed by atoms with Gasteiger partial charge in [-0.15, -0.1) is 0 Å². The molecule has 1 N–H and O–H groups in total. The molecule has 0 aliphatic carbocycles. The Bertz CT molecular complexity index is 1100. The van der Waals surface area contributed by atoms with Gasteiger partial charge < -0.3 is 10.1 Å². The summed E-state index contributed by atoms with van der Waals surface area (Å²) in [5.41, 5.74) is 4.25. The maximum absolute atomic E-state index is 12.0. The zero-order valence-electron chi connectivity index (χ0n) is 15.2. The number of rotatable bonds is 5. The van der Waals surface area contributed by atoms with Gasteiger partial charge in [0.05, 0.1) is 4.91 Å². The first kappa shape index (κ1) is 19.9. The summed E-state index contributed by atoms with van der Waals surface area (Å²) in [6.45, 7) is 0.435. The lowest BCUT2D eigenvalue weighted by molar-refractivity contribution is -0.115. The second-order valence-corrected chi connectivity index (χ2v) is 9.02. The summed E-state index contributed by atoms with van der Waals surface area (Å²) in [4.78, 5) is 12.5. The van der Waals surface area contributed by atoms with Gasteiger partial charge in [0.1, 0.15) is 16.7 Å². The van der Waals surface area contributed by atoms with Crippen LogP contribution >= 0.6 is 39.9 Å². The second-order valence-electron chi connectivity index (χ2n) is 6.39. The standard InChI is InChI=1S/C23H16BrNO2S2/c24-19-10-11-20(18(12-19)13-21-22(26)25-23(28)29-21)27-14-15-6-8-17(9-7-15)16-4-2-1-3-5-16/h1-13H,14H2,(H,25,26,28). The third-order valence-corrected chi connectivity index (χ3v) is 6.01. The zero-order valence-corrected chi connectivity index (χ0v) is 18.4. The first-order chi connectivity index (χ1) is 14.1. The Kier molecular flexibility index (Phi) is 6.13. The van der Waals surface area contributed by atoms with Crippen LogP contribution in [0.5, 0.6) is 5.75 Å². The van der Waals surface area contributed by atoms with E-state index in [0.717, 1.165) is 15.6 Å². The molecule has 1 saturated heterocycles. The van der Waals surface area contributed by atoms with E-state index in [2.05, 4.69) is 57.6 Å². The van der Waals surface area contributed by atoms with Crippen LogP contribution in [-0.2, 0) is 11.4 Å². The number of halogens is 1. The highest BCUT2D eigenvalue weighted by Crippen LogP contribution is 2.31. The Morgan fingerprint density at radius 3 is 2.41 bits per heavy atom. The minimum absolute atomic E-state index is 0.178. The monoisotopic (exact) mass is 481 g/mol. The second kappa shape index (κ2) is 8.95. The SMILES string of the molecule is O=C1NC(=S)SC1=Cc1cc(Br)ccc1OCc1ccc(-c2ccccc2)cc1. The Labute approximate surface area is 187 Å². The third kappa shape index (κ3) is 4.96. The molecule has 0 radical (unpaired) electrons. The van der Waals surface area contributed by atoms with Crippen molar-refractivity contribution in [2.24, 2.45) is 0 Å². The van der Waals surface area contributed by atoms with Crippen LogP contribution in [0.4, 0.5) is 0 Å². The third-order valence-electron chi connectivity index (χ3n) is 4.36. The number of benzene rings is 3. The van der Waals surface area contributed by atoms with Crippen molar-refractivity contribution in [2.45, 2.75) is 6.61 Å². The van der Waals surface area contributed by atoms with Crippen molar-refractivity contribution in [1.82, 2.24) is 5.32 Å². The van der Waals surface area contributed by atoms with E-state index in [0.29, 0.717) is 21.6 Å².